The molecule has 2 heterocycles. The van der Waals surface area contributed by atoms with E-state index in [1.54, 1.807) is 31.2 Å². The Bertz CT molecular complexity index is 1040. The quantitative estimate of drug-likeness (QED) is 0.615. The maximum atomic E-state index is 12.4. The Kier molecular flexibility index (Phi) is 5.33. The van der Waals surface area contributed by atoms with Crippen LogP contribution in [0.4, 0.5) is 5.13 Å². The van der Waals surface area contributed by atoms with Crippen LogP contribution < -0.4 is 16.6 Å². The van der Waals surface area contributed by atoms with Gasteiger partial charge in [0, 0.05) is 0 Å². The van der Waals surface area contributed by atoms with Gasteiger partial charge in [-0.2, -0.15) is 0 Å². The fourth-order valence-electron chi connectivity index (χ4n) is 2.24. The number of benzene rings is 1. The molecule has 2 amide bonds. The Balaban J connectivity index is 1.71. The van der Waals surface area contributed by atoms with Gasteiger partial charge in [0.1, 0.15) is 6.54 Å². The molecule has 26 heavy (non-hydrogen) atoms. The lowest BCUT2D eigenvalue weighted by Gasteiger charge is -2.06. The van der Waals surface area contributed by atoms with Crippen molar-refractivity contribution >= 4 is 50.9 Å². The van der Waals surface area contributed by atoms with Gasteiger partial charge < -0.3 is 11.1 Å². The monoisotopic (exact) mass is 389 g/mol. The number of aromatic nitrogens is 3. The first-order valence-corrected chi connectivity index (χ1v) is 9.37. The summed E-state index contributed by atoms with van der Waals surface area (Å²) in [5, 5.41) is 3.53. The molecule has 0 saturated carbocycles. The summed E-state index contributed by atoms with van der Waals surface area (Å²) in [4.78, 5) is 44.0. The van der Waals surface area contributed by atoms with E-state index in [-0.39, 0.29) is 23.8 Å². The van der Waals surface area contributed by atoms with Crippen LogP contribution in [0.5, 0.6) is 0 Å². The molecule has 134 valence electrons. The van der Waals surface area contributed by atoms with Crippen LogP contribution in [0, 0.1) is 6.92 Å². The van der Waals surface area contributed by atoms with Gasteiger partial charge in [-0.05, 0) is 19.1 Å². The zero-order valence-electron chi connectivity index (χ0n) is 13.8. The van der Waals surface area contributed by atoms with Crippen molar-refractivity contribution in [2.45, 2.75) is 17.7 Å². The Labute approximate surface area is 156 Å². The maximum absolute atomic E-state index is 12.4. The average Bonchev–Trinajstić information content (AvgIpc) is 2.95. The fraction of sp³-hybridized carbons (Fsp3) is 0.188. The summed E-state index contributed by atoms with van der Waals surface area (Å²) in [5.41, 5.74) is 6.15. The predicted octanol–water partition coefficient (Wildman–Crippen LogP) is 1.38. The van der Waals surface area contributed by atoms with Crippen molar-refractivity contribution in [3.8, 4) is 0 Å². The lowest BCUT2D eigenvalue weighted by Crippen LogP contribution is -2.27. The number of amides is 2. The third-order valence-electron chi connectivity index (χ3n) is 3.39. The number of primary amides is 1. The lowest BCUT2D eigenvalue weighted by atomic mass is 10.2. The minimum Gasteiger partial charge on any atom is -0.369 e. The maximum Gasteiger partial charge on any atom is 0.261 e. The molecule has 0 saturated heterocycles. The number of hydrogen-bond acceptors (Lipinski definition) is 7. The van der Waals surface area contributed by atoms with Gasteiger partial charge in [0.25, 0.3) is 5.56 Å². The highest BCUT2D eigenvalue weighted by atomic mass is 32.2. The molecule has 0 aliphatic heterocycles. The van der Waals surface area contributed by atoms with Gasteiger partial charge >= 0.3 is 0 Å². The second kappa shape index (κ2) is 7.67. The number of rotatable bonds is 6. The third-order valence-corrected chi connectivity index (χ3v) is 5.85. The molecule has 1 aromatic carbocycles. The molecule has 0 radical (unpaired) electrons. The van der Waals surface area contributed by atoms with E-state index in [0.717, 1.165) is 4.21 Å². The van der Waals surface area contributed by atoms with Crippen LogP contribution in [0.1, 0.15) is 5.69 Å². The van der Waals surface area contributed by atoms with E-state index >= 15 is 0 Å². The standard InChI is InChI=1S/C16H15N5O3S2/c1-9-15(25-7-12(17)22)26-16(19-9)20-13(23)6-21-8-18-11-5-3-2-4-10(11)14(21)24/h2-5,8H,6-7H2,1H3,(H2,17,22)(H,19,20,23). The molecule has 0 atom stereocenters. The van der Waals surface area contributed by atoms with Gasteiger partial charge in [-0.3, -0.25) is 19.0 Å². The van der Waals surface area contributed by atoms with Crippen molar-refractivity contribution in [3.63, 3.8) is 0 Å². The Hall–Kier alpha value is -2.72. The predicted molar refractivity (Wildman–Crippen MR) is 101 cm³/mol. The Morgan fingerprint density at radius 3 is 2.88 bits per heavy atom. The van der Waals surface area contributed by atoms with E-state index in [2.05, 4.69) is 15.3 Å². The van der Waals surface area contributed by atoms with Crippen molar-refractivity contribution in [1.82, 2.24) is 14.5 Å². The third kappa shape index (κ3) is 4.09. The summed E-state index contributed by atoms with van der Waals surface area (Å²) >= 11 is 2.53. The molecular weight excluding hydrogens is 374 g/mol. The molecule has 0 bridgehead atoms. The zero-order chi connectivity index (χ0) is 18.7. The Morgan fingerprint density at radius 2 is 2.12 bits per heavy atom. The molecule has 0 unspecified atom stereocenters. The first-order valence-electron chi connectivity index (χ1n) is 7.56. The van der Waals surface area contributed by atoms with Crippen molar-refractivity contribution in [2.24, 2.45) is 5.73 Å². The van der Waals surface area contributed by atoms with E-state index in [4.69, 9.17) is 5.73 Å². The summed E-state index contributed by atoms with van der Waals surface area (Å²) in [5.74, 6) is -0.657. The van der Waals surface area contributed by atoms with Crippen LogP contribution in [-0.4, -0.2) is 32.1 Å². The number of fused-ring (bicyclic) bond motifs is 1. The normalized spacial score (nSPS) is 10.8. The van der Waals surface area contributed by atoms with Gasteiger partial charge in [0.15, 0.2) is 5.13 Å². The first-order chi connectivity index (χ1) is 12.4. The van der Waals surface area contributed by atoms with E-state index in [1.807, 2.05) is 0 Å². The molecule has 3 N–H and O–H groups in total. The number of para-hydroxylation sites is 1. The van der Waals surface area contributed by atoms with Crippen LogP contribution in [0.15, 0.2) is 39.6 Å². The van der Waals surface area contributed by atoms with Crippen molar-refractivity contribution in [3.05, 3.63) is 46.6 Å². The van der Waals surface area contributed by atoms with Crippen LogP contribution in [-0.2, 0) is 16.1 Å². The summed E-state index contributed by atoms with van der Waals surface area (Å²) in [6.45, 7) is 1.62. The number of nitrogens with two attached hydrogens (primary N) is 1. The minimum absolute atomic E-state index is 0.147. The van der Waals surface area contributed by atoms with E-state index in [1.165, 1.54) is 34.0 Å². The molecule has 3 aromatic rings. The van der Waals surface area contributed by atoms with Gasteiger partial charge in [0.2, 0.25) is 11.8 Å². The van der Waals surface area contributed by atoms with Gasteiger partial charge in [0.05, 0.1) is 32.9 Å². The van der Waals surface area contributed by atoms with Crippen LogP contribution >= 0.6 is 23.1 Å². The molecule has 0 spiro atoms. The number of hydrogen-bond donors (Lipinski definition) is 2. The molecule has 0 fully saturated rings. The molecule has 3 rings (SSSR count). The number of nitrogens with one attached hydrogen (secondary N) is 1. The smallest absolute Gasteiger partial charge is 0.261 e. The average molecular weight is 389 g/mol. The Morgan fingerprint density at radius 1 is 1.35 bits per heavy atom. The number of anilines is 1. The van der Waals surface area contributed by atoms with E-state index < -0.39 is 5.91 Å². The molecule has 0 aliphatic rings. The molecule has 8 nitrogen and oxygen atoms in total. The lowest BCUT2D eigenvalue weighted by molar-refractivity contribution is -0.117. The van der Waals surface area contributed by atoms with Gasteiger partial charge in [-0.1, -0.05) is 23.5 Å². The topological polar surface area (TPSA) is 120 Å². The zero-order valence-corrected chi connectivity index (χ0v) is 15.4. The van der Waals surface area contributed by atoms with E-state index in [0.29, 0.717) is 21.7 Å². The second-order valence-corrected chi connectivity index (χ2v) is 7.63. The van der Waals surface area contributed by atoms with Gasteiger partial charge in [-0.15, -0.1) is 11.8 Å². The molecular formula is C16H15N5O3S2. The summed E-state index contributed by atoms with van der Waals surface area (Å²) in [7, 11) is 0. The summed E-state index contributed by atoms with van der Waals surface area (Å²) in [6.07, 6.45) is 1.35. The summed E-state index contributed by atoms with van der Waals surface area (Å²) < 4.78 is 2.06. The SMILES string of the molecule is Cc1nc(NC(=O)Cn2cnc3ccccc3c2=O)sc1SCC(N)=O. The minimum atomic E-state index is -0.420. The van der Waals surface area contributed by atoms with Crippen LogP contribution in [0.3, 0.4) is 0 Å². The van der Waals surface area contributed by atoms with Crippen LogP contribution in [0.2, 0.25) is 0 Å². The molecule has 0 aliphatic carbocycles. The number of carbonyl (C=O) groups excluding carboxylic acids is 2. The molecule has 2 aromatic heterocycles. The molecule has 10 heteroatoms. The number of nitrogens with zero attached hydrogens (tertiary/aromatic N) is 3. The first kappa shape index (κ1) is 18.1. The number of carbonyl (C=O) groups is 2. The fourth-order valence-corrected chi connectivity index (χ4v) is 4.13. The van der Waals surface area contributed by atoms with E-state index in [9.17, 15) is 14.4 Å². The highest BCUT2D eigenvalue weighted by Gasteiger charge is 2.13. The van der Waals surface area contributed by atoms with Crippen molar-refractivity contribution < 1.29 is 9.59 Å². The number of thioether (sulfide) groups is 1. The van der Waals surface area contributed by atoms with Crippen molar-refractivity contribution in [1.29, 1.82) is 0 Å². The highest BCUT2D eigenvalue weighted by Crippen LogP contribution is 2.31. The van der Waals surface area contributed by atoms with Gasteiger partial charge in [-0.25, -0.2) is 9.97 Å². The summed E-state index contributed by atoms with van der Waals surface area (Å²) in [6, 6.07) is 6.96. The number of aryl methyl sites for hydroxylation is 1. The van der Waals surface area contributed by atoms with Crippen molar-refractivity contribution in [2.75, 3.05) is 11.1 Å². The number of thiazole rings is 1. The highest BCUT2D eigenvalue weighted by molar-refractivity contribution is 8.01. The largest absolute Gasteiger partial charge is 0.369 e. The van der Waals surface area contributed by atoms with Crippen LogP contribution in [0.25, 0.3) is 10.9 Å². The second-order valence-electron chi connectivity index (χ2n) is 5.39.